The first kappa shape index (κ1) is 23.2. The summed E-state index contributed by atoms with van der Waals surface area (Å²) in [5, 5.41) is 12.2. The van der Waals surface area contributed by atoms with Crippen molar-refractivity contribution in [1.29, 1.82) is 0 Å². The number of hydrogen-bond acceptors (Lipinski definition) is 5. The molecular weight excluding hydrogens is 412 g/mol. The van der Waals surface area contributed by atoms with Crippen LogP contribution in [0.3, 0.4) is 0 Å². The minimum Gasteiger partial charge on any atom is -0.497 e. The van der Waals surface area contributed by atoms with E-state index in [-0.39, 0.29) is 5.92 Å². The van der Waals surface area contributed by atoms with E-state index < -0.39 is 24.1 Å². The van der Waals surface area contributed by atoms with Crippen molar-refractivity contribution < 1.29 is 28.9 Å². The third-order valence-electron chi connectivity index (χ3n) is 5.78. The van der Waals surface area contributed by atoms with Crippen LogP contribution in [0.5, 0.6) is 17.2 Å². The Balaban J connectivity index is 2.07. The van der Waals surface area contributed by atoms with Crippen molar-refractivity contribution in [2.75, 3.05) is 27.9 Å². The number of amides is 2. The van der Waals surface area contributed by atoms with Gasteiger partial charge in [0.15, 0.2) is 11.5 Å². The van der Waals surface area contributed by atoms with Crippen molar-refractivity contribution in [2.24, 2.45) is 5.92 Å². The fraction of sp³-hybridized carbons (Fsp3) is 0.417. The molecule has 0 fully saturated rings. The molecule has 1 aliphatic heterocycles. The number of aliphatic carboxylic acids is 1. The van der Waals surface area contributed by atoms with Gasteiger partial charge < -0.3 is 29.5 Å². The Labute approximate surface area is 188 Å². The number of benzene rings is 2. The zero-order valence-electron chi connectivity index (χ0n) is 19.0. The standard InChI is InChI=1S/C24H30N2O6/c1-14(2)21(23(27)28)25-24(29)26-11-10-16-12-19(31-4)20(32-5)13-18(16)22(26)15-6-8-17(30-3)9-7-15/h6-9,12-14,21-22H,10-11H2,1-5H3,(H,25,29)(H,27,28)/t21-,22?/m1/s1. The molecule has 8 heteroatoms. The SMILES string of the molecule is COc1ccc(C2c3cc(OC)c(OC)cc3CCN2C(=O)N[C@@H](C(=O)O)C(C)C)cc1. The smallest absolute Gasteiger partial charge is 0.326 e. The molecule has 2 aromatic rings. The van der Waals surface area contributed by atoms with E-state index >= 15 is 0 Å². The number of urea groups is 1. The average molecular weight is 443 g/mol. The zero-order valence-corrected chi connectivity index (χ0v) is 19.0. The zero-order chi connectivity index (χ0) is 23.4. The van der Waals surface area contributed by atoms with Gasteiger partial charge in [-0.25, -0.2) is 9.59 Å². The predicted octanol–water partition coefficient (Wildman–Crippen LogP) is 3.48. The number of carboxylic acids is 1. The summed E-state index contributed by atoms with van der Waals surface area (Å²) in [5.74, 6) is 0.593. The van der Waals surface area contributed by atoms with E-state index in [2.05, 4.69) is 5.32 Å². The highest BCUT2D eigenvalue weighted by molar-refractivity contribution is 5.83. The van der Waals surface area contributed by atoms with Crippen LogP contribution in [0.1, 0.15) is 36.6 Å². The molecule has 0 saturated heterocycles. The number of carboxylic acid groups (broad SMARTS) is 1. The molecule has 8 nitrogen and oxygen atoms in total. The minimum atomic E-state index is -1.06. The molecule has 0 spiro atoms. The number of hydrogen-bond donors (Lipinski definition) is 2. The Morgan fingerprint density at radius 1 is 1.03 bits per heavy atom. The first-order chi connectivity index (χ1) is 15.3. The summed E-state index contributed by atoms with van der Waals surface area (Å²) in [7, 11) is 4.76. The highest BCUT2D eigenvalue weighted by atomic mass is 16.5. The summed E-state index contributed by atoms with van der Waals surface area (Å²) in [6, 6.07) is 9.50. The molecule has 172 valence electrons. The fourth-order valence-corrected chi connectivity index (χ4v) is 4.04. The molecule has 1 heterocycles. The van der Waals surface area contributed by atoms with Crippen LogP contribution in [-0.4, -0.2) is 55.9 Å². The summed E-state index contributed by atoms with van der Waals surface area (Å²) in [5.41, 5.74) is 2.84. The number of fused-ring (bicyclic) bond motifs is 1. The Hall–Kier alpha value is -3.42. The molecule has 1 unspecified atom stereocenters. The van der Waals surface area contributed by atoms with Gasteiger partial charge in [0.25, 0.3) is 0 Å². The maximum absolute atomic E-state index is 13.3. The van der Waals surface area contributed by atoms with Gasteiger partial charge in [-0.15, -0.1) is 0 Å². The number of nitrogens with one attached hydrogen (secondary N) is 1. The van der Waals surface area contributed by atoms with Gasteiger partial charge in [-0.2, -0.15) is 0 Å². The Bertz CT molecular complexity index is 973. The third-order valence-corrected chi connectivity index (χ3v) is 5.78. The lowest BCUT2D eigenvalue weighted by atomic mass is 9.87. The van der Waals surface area contributed by atoms with Crippen LogP contribution < -0.4 is 19.5 Å². The number of rotatable bonds is 7. The molecule has 0 radical (unpaired) electrons. The highest BCUT2D eigenvalue weighted by Crippen LogP contribution is 2.41. The van der Waals surface area contributed by atoms with Crippen LogP contribution in [0.15, 0.2) is 36.4 Å². The van der Waals surface area contributed by atoms with Crippen LogP contribution in [0.2, 0.25) is 0 Å². The molecule has 3 rings (SSSR count). The number of nitrogens with zero attached hydrogens (tertiary/aromatic N) is 1. The van der Waals surface area contributed by atoms with Crippen molar-refractivity contribution in [3.8, 4) is 17.2 Å². The average Bonchev–Trinajstić information content (AvgIpc) is 2.80. The van der Waals surface area contributed by atoms with Gasteiger partial charge in [-0.3, -0.25) is 0 Å². The first-order valence-electron chi connectivity index (χ1n) is 10.5. The van der Waals surface area contributed by atoms with Crippen LogP contribution >= 0.6 is 0 Å². The second kappa shape index (κ2) is 9.80. The van der Waals surface area contributed by atoms with Gasteiger partial charge >= 0.3 is 12.0 Å². The maximum atomic E-state index is 13.3. The van der Waals surface area contributed by atoms with Crippen molar-refractivity contribution in [3.63, 3.8) is 0 Å². The normalized spacial score (nSPS) is 16.2. The molecule has 2 amide bonds. The molecule has 1 aliphatic rings. The summed E-state index contributed by atoms with van der Waals surface area (Å²) in [4.78, 5) is 26.6. The van der Waals surface area contributed by atoms with Crippen LogP contribution in [0.4, 0.5) is 4.79 Å². The van der Waals surface area contributed by atoms with E-state index in [4.69, 9.17) is 14.2 Å². The van der Waals surface area contributed by atoms with E-state index in [1.807, 2.05) is 36.4 Å². The van der Waals surface area contributed by atoms with Gasteiger partial charge in [0.2, 0.25) is 0 Å². The third kappa shape index (κ3) is 4.59. The predicted molar refractivity (Wildman–Crippen MR) is 120 cm³/mol. The lowest BCUT2D eigenvalue weighted by Gasteiger charge is -2.39. The molecule has 0 aromatic heterocycles. The monoisotopic (exact) mass is 442 g/mol. The molecule has 0 aliphatic carbocycles. The van der Waals surface area contributed by atoms with E-state index in [0.29, 0.717) is 30.2 Å². The van der Waals surface area contributed by atoms with Gasteiger partial charge in [0.1, 0.15) is 11.8 Å². The second-order valence-electron chi connectivity index (χ2n) is 8.03. The van der Waals surface area contributed by atoms with E-state index in [1.54, 1.807) is 40.1 Å². The summed E-state index contributed by atoms with van der Waals surface area (Å²) < 4.78 is 16.2. The molecule has 2 aromatic carbocycles. The molecule has 0 saturated carbocycles. The number of ether oxygens (including phenoxy) is 3. The van der Waals surface area contributed by atoms with Crippen molar-refractivity contribution >= 4 is 12.0 Å². The van der Waals surface area contributed by atoms with E-state index in [9.17, 15) is 14.7 Å². The molecule has 2 N–H and O–H groups in total. The van der Waals surface area contributed by atoms with Crippen molar-refractivity contribution in [1.82, 2.24) is 10.2 Å². The summed E-state index contributed by atoms with van der Waals surface area (Å²) >= 11 is 0. The highest BCUT2D eigenvalue weighted by Gasteiger charge is 2.35. The van der Waals surface area contributed by atoms with Crippen LogP contribution in [-0.2, 0) is 11.2 Å². The first-order valence-corrected chi connectivity index (χ1v) is 10.5. The van der Waals surface area contributed by atoms with Gasteiger partial charge in [0, 0.05) is 6.54 Å². The minimum absolute atomic E-state index is 0.252. The lowest BCUT2D eigenvalue weighted by Crippen LogP contribution is -2.52. The van der Waals surface area contributed by atoms with E-state index in [0.717, 1.165) is 16.7 Å². The molecule has 0 bridgehead atoms. The Morgan fingerprint density at radius 3 is 2.19 bits per heavy atom. The second-order valence-corrected chi connectivity index (χ2v) is 8.03. The Morgan fingerprint density at radius 2 is 1.66 bits per heavy atom. The largest absolute Gasteiger partial charge is 0.497 e. The van der Waals surface area contributed by atoms with Crippen LogP contribution in [0, 0.1) is 5.92 Å². The topological polar surface area (TPSA) is 97.3 Å². The molecular formula is C24H30N2O6. The molecule has 2 atom stereocenters. The summed E-state index contributed by atoms with van der Waals surface area (Å²) in [6.07, 6.45) is 0.606. The molecule has 32 heavy (non-hydrogen) atoms. The van der Waals surface area contributed by atoms with Gasteiger partial charge in [-0.05, 0) is 53.3 Å². The number of carbonyl (C=O) groups excluding carboxylic acids is 1. The number of methoxy groups -OCH3 is 3. The van der Waals surface area contributed by atoms with E-state index in [1.165, 1.54) is 0 Å². The van der Waals surface area contributed by atoms with Crippen LogP contribution in [0.25, 0.3) is 0 Å². The maximum Gasteiger partial charge on any atom is 0.326 e. The van der Waals surface area contributed by atoms with Crippen molar-refractivity contribution in [2.45, 2.75) is 32.4 Å². The summed E-state index contributed by atoms with van der Waals surface area (Å²) in [6.45, 7) is 3.96. The van der Waals surface area contributed by atoms with Gasteiger partial charge in [0.05, 0.1) is 27.4 Å². The lowest BCUT2D eigenvalue weighted by molar-refractivity contribution is -0.140. The Kier molecular flexibility index (Phi) is 7.12. The number of carbonyl (C=O) groups is 2. The fourth-order valence-electron chi connectivity index (χ4n) is 4.04. The van der Waals surface area contributed by atoms with Crippen molar-refractivity contribution in [3.05, 3.63) is 53.1 Å². The van der Waals surface area contributed by atoms with Gasteiger partial charge in [-0.1, -0.05) is 26.0 Å². The quantitative estimate of drug-likeness (QED) is 0.681.